The largest absolute Gasteiger partial charge is 0.494 e. The molecule has 0 saturated carbocycles. The summed E-state index contributed by atoms with van der Waals surface area (Å²) in [4.78, 5) is 10.4. The molecule has 0 fully saturated rings. The van der Waals surface area contributed by atoms with E-state index in [0.29, 0.717) is 12.4 Å². The van der Waals surface area contributed by atoms with Crippen LogP contribution in [0.5, 0.6) is 5.75 Å². The molecule has 1 rings (SSSR count). The number of aliphatic carboxylic acids is 1. The van der Waals surface area contributed by atoms with Crippen LogP contribution in [-0.2, 0) is 19.6 Å². The minimum absolute atomic E-state index is 0.00186. The molecular weight excluding hydrogens is 298 g/mol. The topological polar surface area (TPSA) is 102 Å². The van der Waals surface area contributed by atoms with Gasteiger partial charge in [-0.3, -0.25) is 0 Å². The molecule has 0 unspecified atom stereocenters. The van der Waals surface area contributed by atoms with Gasteiger partial charge in [0.15, 0.2) is 0 Å². The Hall–Kier alpha value is -1.64. The van der Waals surface area contributed by atoms with Gasteiger partial charge in [0.1, 0.15) is 12.4 Å². The molecule has 21 heavy (non-hydrogen) atoms. The zero-order valence-corrected chi connectivity index (χ0v) is 12.8. The Morgan fingerprint density at radius 2 is 2.10 bits per heavy atom. The van der Waals surface area contributed by atoms with Crippen molar-refractivity contribution in [2.75, 3.05) is 26.4 Å². The fraction of sp³-hybridized carbons (Fsp3) is 0.462. The first-order chi connectivity index (χ1) is 9.86. The highest BCUT2D eigenvalue weighted by atomic mass is 32.2. The summed E-state index contributed by atoms with van der Waals surface area (Å²) in [5.41, 5.74) is 0.724. The van der Waals surface area contributed by atoms with Crippen LogP contribution in [-0.4, -0.2) is 45.9 Å². The quantitative estimate of drug-likeness (QED) is 0.652. The van der Waals surface area contributed by atoms with Crippen molar-refractivity contribution in [1.82, 2.24) is 4.72 Å². The van der Waals surface area contributed by atoms with Crippen molar-refractivity contribution in [2.24, 2.45) is 0 Å². The van der Waals surface area contributed by atoms with Gasteiger partial charge in [-0.1, -0.05) is 0 Å². The lowest BCUT2D eigenvalue weighted by atomic mass is 10.2. The van der Waals surface area contributed by atoms with E-state index in [1.807, 2.05) is 6.92 Å². The third kappa shape index (κ3) is 5.70. The fourth-order valence-electron chi connectivity index (χ4n) is 1.60. The maximum atomic E-state index is 12.0. The Kier molecular flexibility index (Phi) is 6.60. The minimum atomic E-state index is -3.65. The van der Waals surface area contributed by atoms with Gasteiger partial charge in [0.05, 0.1) is 18.1 Å². The van der Waals surface area contributed by atoms with Gasteiger partial charge in [-0.25, -0.2) is 17.9 Å². The monoisotopic (exact) mass is 317 g/mol. The van der Waals surface area contributed by atoms with E-state index in [9.17, 15) is 13.2 Å². The second kappa shape index (κ2) is 7.96. The van der Waals surface area contributed by atoms with Crippen molar-refractivity contribution in [3.05, 3.63) is 23.8 Å². The molecule has 2 N–H and O–H groups in total. The maximum Gasteiger partial charge on any atom is 0.329 e. The smallest absolute Gasteiger partial charge is 0.329 e. The van der Waals surface area contributed by atoms with Crippen LogP contribution in [0.15, 0.2) is 23.1 Å². The molecule has 0 heterocycles. The predicted octanol–water partition coefficient (Wildman–Crippen LogP) is 0.773. The van der Waals surface area contributed by atoms with Crippen LogP contribution in [0.1, 0.15) is 12.5 Å². The lowest BCUT2D eigenvalue weighted by Crippen LogP contribution is -2.28. The average Bonchev–Trinajstić information content (AvgIpc) is 2.40. The molecule has 1 aromatic carbocycles. The number of ether oxygens (including phenoxy) is 2. The van der Waals surface area contributed by atoms with Gasteiger partial charge in [0.25, 0.3) is 0 Å². The summed E-state index contributed by atoms with van der Waals surface area (Å²) < 4.78 is 36.5. The molecule has 0 aliphatic heterocycles. The van der Waals surface area contributed by atoms with E-state index in [1.54, 1.807) is 13.0 Å². The number of carboxylic acid groups (broad SMARTS) is 1. The Labute approximate surface area is 123 Å². The summed E-state index contributed by atoms with van der Waals surface area (Å²) in [5.74, 6) is -0.457. The van der Waals surface area contributed by atoms with E-state index >= 15 is 0 Å². The van der Waals surface area contributed by atoms with Crippen molar-refractivity contribution < 1.29 is 27.8 Å². The van der Waals surface area contributed by atoms with Crippen molar-refractivity contribution in [3.8, 4) is 5.75 Å². The molecular formula is C13H19NO6S. The molecule has 0 aliphatic rings. The van der Waals surface area contributed by atoms with Gasteiger partial charge in [-0.15, -0.1) is 0 Å². The van der Waals surface area contributed by atoms with Crippen LogP contribution in [0, 0.1) is 6.92 Å². The van der Waals surface area contributed by atoms with Gasteiger partial charge in [0, 0.05) is 6.54 Å². The van der Waals surface area contributed by atoms with Gasteiger partial charge in [-0.05, 0) is 37.6 Å². The third-order valence-electron chi connectivity index (χ3n) is 2.52. The van der Waals surface area contributed by atoms with E-state index in [0.717, 1.165) is 5.56 Å². The lowest BCUT2D eigenvalue weighted by Gasteiger charge is -2.10. The molecule has 7 nitrogen and oxygen atoms in total. The lowest BCUT2D eigenvalue weighted by molar-refractivity contribution is -0.142. The van der Waals surface area contributed by atoms with E-state index in [-0.39, 0.29) is 18.0 Å². The molecule has 1 aromatic rings. The second-order valence-corrected chi connectivity index (χ2v) is 5.97. The van der Waals surface area contributed by atoms with Crippen LogP contribution < -0.4 is 9.46 Å². The van der Waals surface area contributed by atoms with Gasteiger partial charge in [-0.2, -0.15) is 0 Å². The number of sulfonamides is 1. The molecule has 0 spiro atoms. The Bertz CT molecular complexity index is 584. The Morgan fingerprint density at radius 1 is 1.38 bits per heavy atom. The second-order valence-electron chi connectivity index (χ2n) is 4.20. The fourth-order valence-corrected chi connectivity index (χ4v) is 2.70. The minimum Gasteiger partial charge on any atom is -0.494 e. The number of carbonyl (C=O) groups is 1. The number of hydrogen-bond donors (Lipinski definition) is 2. The summed E-state index contributed by atoms with van der Waals surface area (Å²) in [6.07, 6.45) is 0. The standard InChI is InChI=1S/C13H19NO6S/c1-3-20-12-5-4-11(8-10(12)2)21(17,18)14-6-7-19-9-13(15)16/h4-5,8,14H,3,6-7,9H2,1-2H3,(H,15,16). The molecule has 0 radical (unpaired) electrons. The first-order valence-corrected chi connectivity index (χ1v) is 7.87. The van der Waals surface area contributed by atoms with Crippen LogP contribution in [0.2, 0.25) is 0 Å². The number of benzene rings is 1. The molecule has 0 bridgehead atoms. The van der Waals surface area contributed by atoms with Crippen molar-refractivity contribution in [3.63, 3.8) is 0 Å². The molecule has 0 atom stereocenters. The molecule has 0 aromatic heterocycles. The number of nitrogens with one attached hydrogen (secondary N) is 1. The van der Waals surface area contributed by atoms with Gasteiger partial charge in [0.2, 0.25) is 10.0 Å². The van der Waals surface area contributed by atoms with Gasteiger partial charge < -0.3 is 14.6 Å². The number of aryl methyl sites for hydroxylation is 1. The van der Waals surface area contributed by atoms with Crippen LogP contribution in [0.25, 0.3) is 0 Å². The van der Waals surface area contributed by atoms with Crippen molar-refractivity contribution >= 4 is 16.0 Å². The Balaban J connectivity index is 2.62. The van der Waals surface area contributed by atoms with E-state index in [2.05, 4.69) is 4.72 Å². The summed E-state index contributed by atoms with van der Waals surface area (Å²) in [5, 5.41) is 8.38. The highest BCUT2D eigenvalue weighted by molar-refractivity contribution is 7.89. The molecule has 0 aliphatic carbocycles. The third-order valence-corrected chi connectivity index (χ3v) is 3.98. The van der Waals surface area contributed by atoms with E-state index in [1.165, 1.54) is 12.1 Å². The normalized spacial score (nSPS) is 11.3. The highest BCUT2D eigenvalue weighted by Crippen LogP contribution is 2.21. The average molecular weight is 317 g/mol. The summed E-state index contributed by atoms with van der Waals surface area (Å²) in [7, 11) is -3.65. The predicted molar refractivity (Wildman–Crippen MR) is 76.0 cm³/mol. The molecule has 0 amide bonds. The SMILES string of the molecule is CCOc1ccc(S(=O)(=O)NCCOCC(=O)O)cc1C. The van der Waals surface area contributed by atoms with Crippen LogP contribution >= 0.6 is 0 Å². The number of rotatable bonds is 9. The molecule has 0 saturated heterocycles. The molecule has 8 heteroatoms. The summed E-state index contributed by atoms with van der Waals surface area (Å²) in [6.45, 7) is 3.65. The maximum absolute atomic E-state index is 12.0. The van der Waals surface area contributed by atoms with Crippen molar-refractivity contribution in [1.29, 1.82) is 0 Å². The summed E-state index contributed by atoms with van der Waals surface area (Å²) in [6, 6.07) is 4.58. The van der Waals surface area contributed by atoms with Crippen molar-refractivity contribution in [2.45, 2.75) is 18.7 Å². The summed E-state index contributed by atoms with van der Waals surface area (Å²) >= 11 is 0. The highest BCUT2D eigenvalue weighted by Gasteiger charge is 2.15. The van der Waals surface area contributed by atoms with Gasteiger partial charge >= 0.3 is 5.97 Å². The first kappa shape index (κ1) is 17.4. The Morgan fingerprint density at radius 3 is 2.67 bits per heavy atom. The number of hydrogen-bond acceptors (Lipinski definition) is 5. The van der Waals surface area contributed by atoms with Crippen LogP contribution in [0.4, 0.5) is 0 Å². The number of carboxylic acids is 1. The van der Waals surface area contributed by atoms with E-state index < -0.39 is 22.6 Å². The zero-order chi connectivity index (χ0) is 15.9. The zero-order valence-electron chi connectivity index (χ0n) is 12.0. The van der Waals surface area contributed by atoms with Crippen LogP contribution in [0.3, 0.4) is 0 Å². The first-order valence-electron chi connectivity index (χ1n) is 6.39. The van der Waals surface area contributed by atoms with E-state index in [4.69, 9.17) is 14.6 Å². The molecule has 118 valence electrons.